The molecule has 1 fully saturated rings. The molecule has 6 nitrogen and oxygen atoms in total. The van der Waals surface area contributed by atoms with Crippen LogP contribution in [0.1, 0.15) is 21.5 Å². The van der Waals surface area contributed by atoms with E-state index in [0.29, 0.717) is 49.7 Å². The summed E-state index contributed by atoms with van der Waals surface area (Å²) in [7, 11) is 0. The van der Waals surface area contributed by atoms with Crippen molar-refractivity contribution < 1.29 is 9.53 Å². The summed E-state index contributed by atoms with van der Waals surface area (Å²) in [6.07, 6.45) is 0. The van der Waals surface area contributed by atoms with E-state index in [1.165, 1.54) is 0 Å². The van der Waals surface area contributed by atoms with E-state index in [2.05, 4.69) is 11.0 Å². The highest BCUT2D eigenvalue weighted by Crippen LogP contribution is 2.28. The third kappa shape index (κ3) is 6.01. The molecule has 0 N–H and O–H groups in total. The summed E-state index contributed by atoms with van der Waals surface area (Å²) in [5.74, 6) is 0.564. The fraction of sp³-hybridized carbons (Fsp3) is 0.139. The lowest BCUT2D eigenvalue weighted by atomic mass is 10.0. The van der Waals surface area contributed by atoms with Crippen molar-refractivity contribution in [3.05, 3.63) is 138 Å². The summed E-state index contributed by atoms with van der Waals surface area (Å²) in [6.45, 7) is 2.90. The molecule has 1 saturated heterocycles. The van der Waals surface area contributed by atoms with Crippen LogP contribution in [0.4, 0.5) is 5.69 Å². The molecule has 1 aliphatic heterocycles. The molecule has 6 heteroatoms. The van der Waals surface area contributed by atoms with Gasteiger partial charge in [-0.05, 0) is 35.9 Å². The molecule has 1 aromatic heterocycles. The maximum absolute atomic E-state index is 13.8. The van der Waals surface area contributed by atoms with Crippen LogP contribution in [0.25, 0.3) is 22.5 Å². The molecule has 1 amide bonds. The van der Waals surface area contributed by atoms with Gasteiger partial charge in [0, 0.05) is 48.6 Å². The number of rotatable bonds is 7. The molecule has 0 spiro atoms. The van der Waals surface area contributed by atoms with Crippen LogP contribution >= 0.6 is 0 Å². The molecule has 206 valence electrons. The number of anilines is 1. The van der Waals surface area contributed by atoms with E-state index in [4.69, 9.17) is 9.72 Å². The Bertz CT molecular complexity index is 1650. The zero-order valence-corrected chi connectivity index (χ0v) is 23.2. The lowest BCUT2D eigenvalue weighted by Crippen LogP contribution is -2.48. The van der Waals surface area contributed by atoms with E-state index in [1.807, 2.05) is 126 Å². The number of amides is 1. The lowest BCUT2D eigenvalue weighted by molar-refractivity contribution is 0.0746. The van der Waals surface area contributed by atoms with Gasteiger partial charge < -0.3 is 14.5 Å². The molecule has 0 aliphatic carbocycles. The Labute approximate surface area is 246 Å². The Balaban J connectivity index is 1.17. The Morgan fingerprint density at radius 3 is 1.88 bits per heavy atom. The average Bonchev–Trinajstić information content (AvgIpc) is 3.08. The fourth-order valence-corrected chi connectivity index (χ4v) is 5.18. The Morgan fingerprint density at radius 1 is 0.738 bits per heavy atom. The third-order valence-corrected chi connectivity index (χ3v) is 7.46. The summed E-state index contributed by atoms with van der Waals surface area (Å²) >= 11 is 0. The summed E-state index contributed by atoms with van der Waals surface area (Å²) < 4.78 is 5.94. The molecular weight excluding hydrogens is 520 g/mol. The summed E-state index contributed by atoms with van der Waals surface area (Å²) in [5.41, 5.74) is 6.62. The minimum absolute atomic E-state index is 0.00575. The molecule has 4 aromatic carbocycles. The molecular formula is C36H30N4O2. The number of hydrogen-bond acceptors (Lipinski definition) is 5. The van der Waals surface area contributed by atoms with Gasteiger partial charge in [0.2, 0.25) is 0 Å². The number of piperazine rings is 1. The quantitative estimate of drug-likeness (QED) is 0.222. The molecule has 0 atom stereocenters. The SMILES string of the molecule is N#Cc1cc(N2CCN(C(=O)c3cc(-c4ccccc4)nc(-c4ccccc4)c3)CC2)ccc1OCc1ccccc1. The predicted octanol–water partition coefficient (Wildman–Crippen LogP) is 6.83. The van der Waals surface area contributed by atoms with Crippen LogP contribution in [0, 0.1) is 11.3 Å². The zero-order chi connectivity index (χ0) is 28.7. The largest absolute Gasteiger partial charge is 0.488 e. The van der Waals surface area contributed by atoms with E-state index < -0.39 is 0 Å². The van der Waals surface area contributed by atoms with Crippen LogP contribution in [0.15, 0.2) is 121 Å². The molecule has 42 heavy (non-hydrogen) atoms. The fourth-order valence-electron chi connectivity index (χ4n) is 5.18. The number of nitrogens with zero attached hydrogens (tertiary/aromatic N) is 4. The molecule has 0 radical (unpaired) electrons. The van der Waals surface area contributed by atoms with E-state index in [1.54, 1.807) is 0 Å². The zero-order valence-electron chi connectivity index (χ0n) is 23.2. The number of aromatic nitrogens is 1. The predicted molar refractivity (Wildman–Crippen MR) is 165 cm³/mol. The minimum atomic E-state index is -0.00575. The van der Waals surface area contributed by atoms with E-state index in [-0.39, 0.29) is 5.91 Å². The number of benzene rings is 4. The van der Waals surface area contributed by atoms with Crippen molar-refractivity contribution in [2.24, 2.45) is 0 Å². The number of pyridine rings is 1. The maximum Gasteiger partial charge on any atom is 0.254 e. The van der Waals surface area contributed by atoms with Crippen molar-refractivity contribution >= 4 is 11.6 Å². The first-order valence-electron chi connectivity index (χ1n) is 14.1. The van der Waals surface area contributed by atoms with Crippen LogP contribution in [0.3, 0.4) is 0 Å². The first kappa shape index (κ1) is 26.8. The second kappa shape index (κ2) is 12.4. The standard InChI is InChI=1S/C36H30N4O2/c37-25-31-22-32(16-17-35(31)42-26-27-10-4-1-5-11-27)39-18-20-40(21-19-39)36(41)30-23-33(28-12-6-2-7-13-28)38-34(24-30)29-14-8-3-9-15-29/h1-17,22-24H,18-21,26H2. The van der Waals surface area contributed by atoms with Gasteiger partial charge in [0.05, 0.1) is 17.0 Å². The first-order chi connectivity index (χ1) is 20.7. The maximum atomic E-state index is 13.8. The van der Waals surface area contributed by atoms with Crippen molar-refractivity contribution in [3.8, 4) is 34.3 Å². The lowest BCUT2D eigenvalue weighted by Gasteiger charge is -2.36. The van der Waals surface area contributed by atoms with Crippen LogP contribution in [0.2, 0.25) is 0 Å². The van der Waals surface area contributed by atoms with Crippen molar-refractivity contribution in [2.45, 2.75) is 6.61 Å². The Hall–Kier alpha value is -5.41. The van der Waals surface area contributed by atoms with Gasteiger partial charge in [-0.3, -0.25) is 4.79 Å². The molecule has 5 aromatic rings. The average molecular weight is 551 g/mol. The Morgan fingerprint density at radius 2 is 1.31 bits per heavy atom. The van der Waals surface area contributed by atoms with Crippen LogP contribution in [-0.4, -0.2) is 42.0 Å². The first-order valence-corrected chi connectivity index (χ1v) is 14.1. The van der Waals surface area contributed by atoms with Gasteiger partial charge in [-0.2, -0.15) is 5.26 Å². The smallest absolute Gasteiger partial charge is 0.254 e. The highest BCUT2D eigenvalue weighted by atomic mass is 16.5. The molecule has 2 heterocycles. The molecule has 0 saturated carbocycles. The molecule has 1 aliphatic rings. The van der Waals surface area contributed by atoms with Gasteiger partial charge in [0.25, 0.3) is 5.91 Å². The molecule has 6 rings (SSSR count). The number of nitriles is 1. The van der Waals surface area contributed by atoms with Crippen molar-refractivity contribution in [1.82, 2.24) is 9.88 Å². The number of hydrogen-bond donors (Lipinski definition) is 0. The van der Waals surface area contributed by atoms with Crippen molar-refractivity contribution in [2.75, 3.05) is 31.1 Å². The normalized spacial score (nSPS) is 12.9. The summed E-state index contributed by atoms with van der Waals surface area (Å²) in [6, 6.07) is 41.6. The van der Waals surface area contributed by atoms with Crippen LogP contribution in [0.5, 0.6) is 5.75 Å². The topological polar surface area (TPSA) is 69.5 Å². The second-order valence-electron chi connectivity index (χ2n) is 10.2. The number of carbonyl (C=O) groups is 1. The minimum Gasteiger partial charge on any atom is -0.488 e. The monoisotopic (exact) mass is 550 g/mol. The van der Waals surface area contributed by atoms with Gasteiger partial charge in [-0.1, -0.05) is 91.0 Å². The highest BCUT2D eigenvalue weighted by molar-refractivity contribution is 5.96. The van der Waals surface area contributed by atoms with E-state index in [0.717, 1.165) is 33.8 Å². The van der Waals surface area contributed by atoms with Crippen LogP contribution < -0.4 is 9.64 Å². The van der Waals surface area contributed by atoms with E-state index >= 15 is 0 Å². The van der Waals surface area contributed by atoms with E-state index in [9.17, 15) is 10.1 Å². The third-order valence-electron chi connectivity index (χ3n) is 7.46. The highest BCUT2D eigenvalue weighted by Gasteiger charge is 2.24. The van der Waals surface area contributed by atoms with Crippen molar-refractivity contribution in [1.29, 1.82) is 5.26 Å². The number of ether oxygens (including phenoxy) is 1. The van der Waals surface area contributed by atoms with Gasteiger partial charge in [-0.15, -0.1) is 0 Å². The van der Waals surface area contributed by atoms with Gasteiger partial charge >= 0.3 is 0 Å². The van der Waals surface area contributed by atoms with Gasteiger partial charge in [0.15, 0.2) is 0 Å². The summed E-state index contributed by atoms with van der Waals surface area (Å²) in [4.78, 5) is 22.8. The second-order valence-corrected chi connectivity index (χ2v) is 10.2. The Kier molecular flexibility index (Phi) is 7.91. The van der Waals surface area contributed by atoms with Crippen LogP contribution in [-0.2, 0) is 6.61 Å². The van der Waals surface area contributed by atoms with Crippen molar-refractivity contribution in [3.63, 3.8) is 0 Å². The molecule has 0 bridgehead atoms. The summed E-state index contributed by atoms with van der Waals surface area (Å²) in [5, 5.41) is 9.78. The van der Waals surface area contributed by atoms with Gasteiger partial charge in [0.1, 0.15) is 18.4 Å². The van der Waals surface area contributed by atoms with Gasteiger partial charge in [-0.25, -0.2) is 4.98 Å². The molecule has 0 unspecified atom stereocenters. The number of carbonyl (C=O) groups excluding carboxylic acids is 1.